The first-order chi connectivity index (χ1) is 22.5. The lowest BCUT2D eigenvalue weighted by Crippen LogP contribution is -2.60. The predicted octanol–water partition coefficient (Wildman–Crippen LogP) is 7.46. The van der Waals surface area contributed by atoms with E-state index in [-0.39, 0.29) is 29.1 Å². The highest BCUT2D eigenvalue weighted by Crippen LogP contribution is 2.41. The predicted molar refractivity (Wildman–Crippen MR) is 180 cm³/mol. The van der Waals surface area contributed by atoms with Crippen LogP contribution < -0.4 is 15.2 Å². The fraction of sp³-hybridized carbons (Fsp3) is 0.400. The standard InChI is InChI=1S/C35H36ClF2N3O4S2/c36-32-16-15-31(46-32)21-5-9-24(10-6-21)35(37,38)33(34(42)41-26-11-12-27(41)20-25(39)19-26)40-47(43,44)30-14-8-22-17-29(13-7-23(22)18-30)45-28-3-1-2-4-28/h5-10,13-18,25-28,33,40H,1-4,11-12,19-20,39H2. The van der Waals surface area contributed by atoms with Crippen LogP contribution in [0.4, 0.5) is 8.78 Å². The van der Waals surface area contributed by atoms with Crippen LogP contribution in [0, 0.1) is 0 Å². The van der Waals surface area contributed by atoms with Crippen LogP contribution in [0.5, 0.6) is 5.75 Å². The number of hydrogen-bond donors (Lipinski definition) is 2. The van der Waals surface area contributed by atoms with Gasteiger partial charge in [0, 0.05) is 28.6 Å². The Hall–Kier alpha value is -3.09. The Balaban J connectivity index is 1.20. The number of rotatable bonds is 9. The number of ether oxygens (including phenoxy) is 1. The molecule has 0 radical (unpaired) electrons. The molecular weight excluding hydrogens is 664 g/mol. The molecule has 0 spiro atoms. The Kier molecular flexibility index (Phi) is 8.80. The second kappa shape index (κ2) is 12.7. The van der Waals surface area contributed by atoms with E-state index >= 15 is 8.78 Å². The van der Waals surface area contributed by atoms with Crippen LogP contribution in [-0.4, -0.2) is 49.5 Å². The number of carbonyl (C=O) groups excluding carboxylic acids is 1. The SMILES string of the molecule is NC1CC2CCC(C1)N2C(=O)C(NS(=O)(=O)c1ccc2cc(OC3CCCC3)ccc2c1)C(F)(F)c1ccc(-c2ccc(Cl)s2)cc1. The van der Waals surface area contributed by atoms with Gasteiger partial charge in [0.1, 0.15) is 5.75 Å². The number of sulfonamides is 1. The lowest BCUT2D eigenvalue weighted by molar-refractivity contribution is -0.149. The number of fused-ring (bicyclic) bond motifs is 3. The first-order valence-corrected chi connectivity index (χ1v) is 18.7. The minimum absolute atomic E-state index is 0.132. The molecule has 2 saturated heterocycles. The average Bonchev–Trinajstić information content (AvgIpc) is 3.79. The molecule has 3 heterocycles. The van der Waals surface area contributed by atoms with Gasteiger partial charge in [-0.05, 0) is 104 Å². The molecule has 1 saturated carbocycles. The van der Waals surface area contributed by atoms with Gasteiger partial charge in [0.2, 0.25) is 15.9 Å². The molecule has 1 aromatic heterocycles. The van der Waals surface area contributed by atoms with Gasteiger partial charge >= 0.3 is 0 Å². The third-order valence-electron chi connectivity index (χ3n) is 9.73. The van der Waals surface area contributed by atoms with Crippen molar-refractivity contribution in [3.8, 4) is 16.2 Å². The smallest absolute Gasteiger partial charge is 0.298 e. The van der Waals surface area contributed by atoms with Crippen LogP contribution in [0.25, 0.3) is 21.2 Å². The molecule has 248 valence electrons. The average molecular weight is 700 g/mol. The third-order valence-corrected chi connectivity index (χ3v) is 12.4. The van der Waals surface area contributed by atoms with Crippen molar-refractivity contribution in [3.63, 3.8) is 0 Å². The summed E-state index contributed by atoms with van der Waals surface area (Å²) in [7, 11) is -4.57. The molecule has 1 aliphatic carbocycles. The van der Waals surface area contributed by atoms with Gasteiger partial charge in [0.05, 0.1) is 15.3 Å². The second-order valence-corrected chi connectivity index (χ2v) is 16.3. The lowest BCUT2D eigenvalue weighted by Gasteiger charge is -2.41. The van der Waals surface area contributed by atoms with Gasteiger partial charge in [-0.2, -0.15) is 13.5 Å². The normalized spacial score (nSPS) is 22.6. The maximum absolute atomic E-state index is 16.6. The zero-order valence-electron chi connectivity index (χ0n) is 25.6. The van der Waals surface area contributed by atoms with Crippen molar-refractivity contribution in [2.24, 2.45) is 5.73 Å². The van der Waals surface area contributed by atoms with Gasteiger partial charge in [0.25, 0.3) is 5.92 Å². The van der Waals surface area contributed by atoms with Crippen molar-refractivity contribution in [1.29, 1.82) is 0 Å². The number of nitrogens with one attached hydrogen (secondary N) is 1. The topological polar surface area (TPSA) is 102 Å². The van der Waals surface area contributed by atoms with Gasteiger partial charge in [-0.3, -0.25) is 4.79 Å². The third kappa shape index (κ3) is 6.53. The van der Waals surface area contributed by atoms with Gasteiger partial charge in [-0.25, -0.2) is 8.42 Å². The van der Waals surface area contributed by atoms with Crippen LogP contribution in [0.1, 0.15) is 56.9 Å². The van der Waals surface area contributed by atoms with Gasteiger partial charge < -0.3 is 15.4 Å². The van der Waals surface area contributed by atoms with Crippen molar-refractivity contribution < 1.29 is 26.7 Å². The van der Waals surface area contributed by atoms with E-state index in [1.54, 1.807) is 30.3 Å². The minimum atomic E-state index is -4.57. The van der Waals surface area contributed by atoms with E-state index in [2.05, 4.69) is 4.72 Å². The number of halogens is 3. The molecule has 1 amide bonds. The highest BCUT2D eigenvalue weighted by molar-refractivity contribution is 7.89. The number of amides is 1. The Labute approximate surface area is 282 Å². The minimum Gasteiger partial charge on any atom is -0.490 e. The molecule has 2 bridgehead atoms. The number of nitrogens with zero attached hydrogens (tertiary/aromatic N) is 1. The second-order valence-electron chi connectivity index (χ2n) is 12.9. The molecular formula is C35H36ClF2N3O4S2. The van der Waals surface area contributed by atoms with Crippen LogP contribution in [0.15, 0.2) is 77.7 Å². The molecule has 47 heavy (non-hydrogen) atoms. The maximum atomic E-state index is 16.6. The highest BCUT2D eigenvalue weighted by atomic mass is 35.5. The molecule has 4 aromatic rings. The van der Waals surface area contributed by atoms with Crippen molar-refractivity contribution in [1.82, 2.24) is 9.62 Å². The van der Waals surface area contributed by atoms with Crippen LogP contribution in [-0.2, 0) is 20.7 Å². The zero-order valence-corrected chi connectivity index (χ0v) is 28.0. The Morgan fingerprint density at radius 1 is 0.936 bits per heavy atom. The summed E-state index contributed by atoms with van der Waals surface area (Å²) in [5, 5.41) is 1.36. The molecule has 7 nitrogen and oxygen atoms in total. The van der Waals surface area contributed by atoms with Crippen molar-refractivity contribution in [2.45, 2.75) is 92.5 Å². The molecule has 7 rings (SSSR count). The zero-order chi connectivity index (χ0) is 32.9. The van der Waals surface area contributed by atoms with E-state index in [4.69, 9.17) is 22.1 Å². The van der Waals surface area contributed by atoms with E-state index in [1.807, 2.05) is 6.07 Å². The van der Waals surface area contributed by atoms with Gasteiger partial charge in [-0.1, -0.05) is 48.0 Å². The number of thiophene rings is 1. The number of nitrogens with two attached hydrogens (primary N) is 1. The summed E-state index contributed by atoms with van der Waals surface area (Å²) >= 11 is 7.38. The Bertz CT molecular complexity index is 1880. The lowest BCUT2D eigenvalue weighted by atomic mass is 9.94. The number of piperidine rings is 1. The van der Waals surface area contributed by atoms with Crippen LogP contribution in [0.2, 0.25) is 4.34 Å². The molecule has 3 fully saturated rings. The van der Waals surface area contributed by atoms with Crippen LogP contribution in [0.3, 0.4) is 0 Å². The summed E-state index contributed by atoms with van der Waals surface area (Å²) < 4.78 is 69.7. The van der Waals surface area contributed by atoms with Gasteiger partial charge in [-0.15, -0.1) is 11.3 Å². The monoisotopic (exact) mass is 699 g/mol. The summed E-state index contributed by atoms with van der Waals surface area (Å²) in [6.45, 7) is 0. The van der Waals surface area contributed by atoms with Crippen molar-refractivity contribution >= 4 is 49.6 Å². The number of hydrogen-bond acceptors (Lipinski definition) is 6. The first-order valence-electron chi connectivity index (χ1n) is 16.0. The van der Waals surface area contributed by atoms with E-state index in [1.165, 1.54) is 52.6 Å². The van der Waals surface area contributed by atoms with E-state index < -0.39 is 33.5 Å². The van der Waals surface area contributed by atoms with Crippen molar-refractivity contribution in [3.05, 3.63) is 82.7 Å². The largest absolute Gasteiger partial charge is 0.490 e. The maximum Gasteiger partial charge on any atom is 0.298 e. The molecule has 3 atom stereocenters. The Morgan fingerprint density at radius 2 is 1.60 bits per heavy atom. The van der Waals surface area contributed by atoms with Gasteiger partial charge in [0.15, 0.2) is 6.04 Å². The summed E-state index contributed by atoms with van der Waals surface area (Å²) in [6.07, 6.45) is 6.72. The summed E-state index contributed by atoms with van der Waals surface area (Å²) in [4.78, 5) is 16.2. The highest BCUT2D eigenvalue weighted by Gasteiger charge is 2.53. The number of carbonyl (C=O) groups is 1. The molecule has 3 aliphatic rings. The Morgan fingerprint density at radius 3 is 2.26 bits per heavy atom. The van der Waals surface area contributed by atoms with E-state index in [9.17, 15) is 13.2 Å². The van der Waals surface area contributed by atoms with E-state index in [0.29, 0.717) is 46.7 Å². The summed E-state index contributed by atoms with van der Waals surface area (Å²) in [5.74, 6) is -4.12. The molecule has 3 unspecified atom stereocenters. The van der Waals surface area contributed by atoms with Crippen molar-refractivity contribution in [2.75, 3.05) is 0 Å². The van der Waals surface area contributed by atoms with E-state index in [0.717, 1.165) is 35.9 Å². The summed E-state index contributed by atoms with van der Waals surface area (Å²) in [5.41, 5.74) is 6.40. The molecule has 12 heteroatoms. The fourth-order valence-electron chi connectivity index (χ4n) is 7.36. The number of alkyl halides is 2. The summed E-state index contributed by atoms with van der Waals surface area (Å²) in [6, 6.07) is 15.7. The molecule has 3 N–H and O–H groups in total. The quantitative estimate of drug-likeness (QED) is 0.189. The molecule has 2 aliphatic heterocycles. The number of benzene rings is 3. The first kappa shape index (κ1) is 32.5. The fourth-order valence-corrected chi connectivity index (χ4v) is 9.64. The van der Waals surface area contributed by atoms with Crippen LogP contribution >= 0.6 is 22.9 Å². The molecule has 3 aromatic carbocycles.